The molecule has 112 valence electrons. The number of urea groups is 1. The highest BCUT2D eigenvalue weighted by Gasteiger charge is 2.03. The number of amides is 2. The smallest absolute Gasteiger partial charge is 0.314 e. The molecule has 0 saturated heterocycles. The molecule has 1 rings (SSSR count). The second kappa shape index (κ2) is 9.37. The zero-order valence-electron chi connectivity index (χ0n) is 12.9. The fraction of sp³-hybridized carbons (Fsp3) is 0.562. The molecule has 2 amide bonds. The number of nitrogens with zero attached hydrogens (tertiary/aromatic N) is 1. The molecule has 2 N–H and O–H groups in total. The fourth-order valence-corrected chi connectivity index (χ4v) is 1.82. The number of carbonyl (C=O) groups excluding carboxylic acids is 1. The second-order valence-corrected chi connectivity index (χ2v) is 5.35. The molecule has 0 heterocycles. The highest BCUT2D eigenvalue weighted by atomic mass is 16.2. The third kappa shape index (κ3) is 7.14. The van der Waals surface area contributed by atoms with Crippen LogP contribution >= 0.6 is 0 Å². The lowest BCUT2D eigenvalue weighted by Gasteiger charge is -2.20. The molecule has 4 nitrogen and oxygen atoms in total. The van der Waals surface area contributed by atoms with E-state index in [2.05, 4.69) is 48.6 Å². The molecule has 0 aliphatic heterocycles. The van der Waals surface area contributed by atoms with Crippen molar-refractivity contribution in [1.82, 2.24) is 15.5 Å². The van der Waals surface area contributed by atoms with Crippen molar-refractivity contribution in [2.45, 2.75) is 32.7 Å². The number of carbonyl (C=O) groups is 1. The van der Waals surface area contributed by atoms with Crippen molar-refractivity contribution >= 4 is 6.03 Å². The third-order valence-corrected chi connectivity index (χ3v) is 3.40. The quantitative estimate of drug-likeness (QED) is 0.716. The Kier molecular flexibility index (Phi) is 7.73. The summed E-state index contributed by atoms with van der Waals surface area (Å²) in [7, 11) is 2.10. The summed E-state index contributed by atoms with van der Waals surface area (Å²) < 4.78 is 0. The summed E-state index contributed by atoms with van der Waals surface area (Å²) >= 11 is 0. The van der Waals surface area contributed by atoms with E-state index in [1.54, 1.807) is 0 Å². The van der Waals surface area contributed by atoms with Crippen LogP contribution in [0.2, 0.25) is 0 Å². The molecule has 0 radical (unpaired) electrons. The molecule has 0 saturated carbocycles. The molecule has 0 fully saturated rings. The zero-order chi connectivity index (χ0) is 14.8. The van der Waals surface area contributed by atoms with Crippen LogP contribution in [0.5, 0.6) is 0 Å². The van der Waals surface area contributed by atoms with Crippen LogP contribution in [-0.2, 0) is 6.42 Å². The van der Waals surface area contributed by atoms with Crippen molar-refractivity contribution in [3.05, 3.63) is 35.9 Å². The summed E-state index contributed by atoms with van der Waals surface area (Å²) in [5.74, 6) is 0. The van der Waals surface area contributed by atoms with E-state index < -0.39 is 0 Å². The fourth-order valence-electron chi connectivity index (χ4n) is 1.82. The van der Waals surface area contributed by atoms with Crippen molar-refractivity contribution in [1.29, 1.82) is 0 Å². The Balaban J connectivity index is 2.03. The Hall–Kier alpha value is -1.55. The molecule has 20 heavy (non-hydrogen) atoms. The summed E-state index contributed by atoms with van der Waals surface area (Å²) in [5, 5.41) is 5.76. The van der Waals surface area contributed by atoms with Crippen molar-refractivity contribution in [2.75, 3.05) is 26.7 Å². The van der Waals surface area contributed by atoms with E-state index in [0.29, 0.717) is 19.1 Å². The van der Waals surface area contributed by atoms with Gasteiger partial charge in [-0.1, -0.05) is 30.3 Å². The van der Waals surface area contributed by atoms with Crippen molar-refractivity contribution < 1.29 is 4.79 Å². The number of hydrogen-bond acceptors (Lipinski definition) is 2. The van der Waals surface area contributed by atoms with Crippen molar-refractivity contribution in [2.24, 2.45) is 0 Å². The summed E-state index contributed by atoms with van der Waals surface area (Å²) in [5.41, 5.74) is 1.24. The summed E-state index contributed by atoms with van der Waals surface area (Å²) in [6.07, 6.45) is 1.84. The number of nitrogens with one attached hydrogen (secondary N) is 2. The Morgan fingerprint density at radius 2 is 1.80 bits per heavy atom. The van der Waals surface area contributed by atoms with Gasteiger partial charge in [0.05, 0.1) is 0 Å². The number of hydrogen-bond donors (Lipinski definition) is 2. The van der Waals surface area contributed by atoms with Crippen LogP contribution in [0.1, 0.15) is 25.8 Å². The molecular weight excluding hydrogens is 250 g/mol. The highest BCUT2D eigenvalue weighted by molar-refractivity contribution is 5.73. The Morgan fingerprint density at radius 3 is 2.45 bits per heavy atom. The van der Waals surface area contributed by atoms with Crippen LogP contribution in [0.25, 0.3) is 0 Å². The van der Waals surface area contributed by atoms with Gasteiger partial charge in [-0.2, -0.15) is 0 Å². The Labute approximate surface area is 122 Å². The summed E-state index contributed by atoms with van der Waals surface area (Å²) in [6.45, 7) is 6.73. The molecule has 1 aromatic rings. The normalized spacial score (nSPS) is 10.8. The first kappa shape index (κ1) is 16.5. The van der Waals surface area contributed by atoms with Crippen LogP contribution in [0.4, 0.5) is 4.79 Å². The molecule has 0 atom stereocenters. The molecule has 0 aliphatic rings. The molecule has 0 spiro atoms. The van der Waals surface area contributed by atoms with Gasteiger partial charge in [-0.15, -0.1) is 0 Å². The maximum Gasteiger partial charge on any atom is 0.314 e. The SMILES string of the molecule is CC(C)N(C)CCCNC(=O)NCCc1ccccc1. The first-order valence-corrected chi connectivity index (χ1v) is 7.35. The van der Waals surface area contributed by atoms with Crippen LogP contribution < -0.4 is 10.6 Å². The van der Waals surface area contributed by atoms with Gasteiger partial charge in [-0.05, 0) is 45.8 Å². The minimum absolute atomic E-state index is 0.0758. The first-order chi connectivity index (χ1) is 9.59. The predicted molar refractivity (Wildman–Crippen MR) is 83.9 cm³/mol. The van der Waals surface area contributed by atoms with Gasteiger partial charge < -0.3 is 15.5 Å². The van der Waals surface area contributed by atoms with E-state index in [9.17, 15) is 4.79 Å². The van der Waals surface area contributed by atoms with E-state index in [0.717, 1.165) is 19.4 Å². The Morgan fingerprint density at radius 1 is 1.15 bits per heavy atom. The lowest BCUT2D eigenvalue weighted by Crippen LogP contribution is -2.38. The van der Waals surface area contributed by atoms with E-state index in [4.69, 9.17) is 0 Å². The number of rotatable bonds is 8. The monoisotopic (exact) mass is 277 g/mol. The van der Waals surface area contributed by atoms with Gasteiger partial charge in [0, 0.05) is 19.1 Å². The second-order valence-electron chi connectivity index (χ2n) is 5.35. The van der Waals surface area contributed by atoms with E-state index in [1.807, 2.05) is 18.2 Å². The van der Waals surface area contributed by atoms with Gasteiger partial charge in [0.25, 0.3) is 0 Å². The largest absolute Gasteiger partial charge is 0.338 e. The van der Waals surface area contributed by atoms with Crippen LogP contribution in [-0.4, -0.2) is 43.7 Å². The topological polar surface area (TPSA) is 44.4 Å². The van der Waals surface area contributed by atoms with Gasteiger partial charge in [0.1, 0.15) is 0 Å². The highest BCUT2D eigenvalue weighted by Crippen LogP contribution is 1.98. The van der Waals surface area contributed by atoms with Gasteiger partial charge in [0.2, 0.25) is 0 Å². The Bertz CT molecular complexity index is 379. The van der Waals surface area contributed by atoms with Gasteiger partial charge in [0.15, 0.2) is 0 Å². The van der Waals surface area contributed by atoms with Gasteiger partial charge in [-0.3, -0.25) is 0 Å². The van der Waals surface area contributed by atoms with Gasteiger partial charge >= 0.3 is 6.03 Å². The summed E-state index contributed by atoms with van der Waals surface area (Å²) in [6, 6.07) is 10.6. The summed E-state index contributed by atoms with van der Waals surface area (Å²) in [4.78, 5) is 13.8. The average molecular weight is 277 g/mol. The predicted octanol–water partition coefficient (Wildman–Crippen LogP) is 2.26. The molecule has 0 unspecified atom stereocenters. The van der Waals surface area contributed by atoms with Gasteiger partial charge in [-0.25, -0.2) is 4.79 Å². The van der Waals surface area contributed by atoms with Crippen LogP contribution in [0.3, 0.4) is 0 Å². The molecule has 0 aliphatic carbocycles. The lowest BCUT2D eigenvalue weighted by molar-refractivity contribution is 0.238. The molecular formula is C16H27N3O. The molecule has 1 aromatic carbocycles. The lowest BCUT2D eigenvalue weighted by atomic mass is 10.1. The minimum atomic E-state index is -0.0758. The van der Waals surface area contributed by atoms with E-state index in [-0.39, 0.29) is 6.03 Å². The van der Waals surface area contributed by atoms with Crippen molar-refractivity contribution in [3.63, 3.8) is 0 Å². The van der Waals surface area contributed by atoms with E-state index in [1.165, 1.54) is 5.56 Å². The molecule has 0 aromatic heterocycles. The first-order valence-electron chi connectivity index (χ1n) is 7.35. The molecule has 0 bridgehead atoms. The maximum absolute atomic E-state index is 11.6. The number of benzene rings is 1. The minimum Gasteiger partial charge on any atom is -0.338 e. The molecule has 4 heteroatoms. The maximum atomic E-state index is 11.6. The van der Waals surface area contributed by atoms with E-state index >= 15 is 0 Å². The third-order valence-electron chi connectivity index (χ3n) is 3.40. The van der Waals surface area contributed by atoms with Crippen LogP contribution in [0.15, 0.2) is 30.3 Å². The van der Waals surface area contributed by atoms with Crippen molar-refractivity contribution in [3.8, 4) is 0 Å². The average Bonchev–Trinajstić information content (AvgIpc) is 2.44. The van der Waals surface area contributed by atoms with Crippen LogP contribution in [0, 0.1) is 0 Å². The standard InChI is InChI=1S/C16H27N3O/c1-14(2)19(3)13-7-11-17-16(20)18-12-10-15-8-5-4-6-9-15/h4-6,8-9,14H,7,10-13H2,1-3H3,(H2,17,18,20). The zero-order valence-corrected chi connectivity index (χ0v) is 12.9.